The molecule has 0 saturated carbocycles. The molecule has 0 radical (unpaired) electrons. The zero-order valence-electron chi connectivity index (χ0n) is 14.4. The van der Waals surface area contributed by atoms with E-state index in [1.54, 1.807) is 6.07 Å². The number of nitrogens with two attached hydrogens (primary N) is 1. The van der Waals surface area contributed by atoms with E-state index in [2.05, 4.69) is 36.2 Å². The van der Waals surface area contributed by atoms with Crippen LogP contribution in [0.1, 0.15) is 19.3 Å². The van der Waals surface area contributed by atoms with Gasteiger partial charge in [-0.1, -0.05) is 11.3 Å². The zero-order chi connectivity index (χ0) is 18.8. The predicted molar refractivity (Wildman–Crippen MR) is 102 cm³/mol. The molecule has 3 aromatic rings. The molecule has 3 aromatic heterocycles. The molecule has 4 heterocycles. The topological polar surface area (TPSA) is 117 Å². The Labute approximate surface area is 158 Å². The van der Waals surface area contributed by atoms with E-state index < -0.39 is 5.82 Å². The SMILES string of the molecule is N#CCC1CCCN(c2nc3c(F)cnc(Nc4cc(N)ncn4)c3s2)C1. The molecule has 1 aliphatic heterocycles. The quantitative estimate of drug-likeness (QED) is 0.705. The molecule has 4 rings (SSSR count). The highest BCUT2D eigenvalue weighted by Crippen LogP contribution is 2.37. The lowest BCUT2D eigenvalue weighted by atomic mass is 9.96. The Hall–Kier alpha value is -3.06. The van der Waals surface area contributed by atoms with Crippen LogP contribution in [-0.2, 0) is 0 Å². The zero-order valence-corrected chi connectivity index (χ0v) is 15.2. The molecule has 1 atom stereocenters. The number of nitrogen functional groups attached to an aromatic ring is 1. The third-order valence-corrected chi connectivity index (χ3v) is 5.59. The largest absolute Gasteiger partial charge is 0.384 e. The van der Waals surface area contributed by atoms with Crippen molar-refractivity contribution < 1.29 is 4.39 Å². The molecular weight excluding hydrogens is 367 g/mol. The van der Waals surface area contributed by atoms with Crippen LogP contribution in [-0.4, -0.2) is 33.0 Å². The Balaban J connectivity index is 1.67. The van der Waals surface area contributed by atoms with Gasteiger partial charge in [0.05, 0.1) is 12.3 Å². The molecule has 1 saturated heterocycles. The maximum atomic E-state index is 14.3. The molecule has 0 aromatic carbocycles. The van der Waals surface area contributed by atoms with Crippen LogP contribution in [0.25, 0.3) is 10.2 Å². The van der Waals surface area contributed by atoms with Crippen molar-refractivity contribution in [2.24, 2.45) is 5.92 Å². The predicted octanol–water partition coefficient (Wildman–Crippen LogP) is 3.08. The monoisotopic (exact) mass is 384 g/mol. The number of nitriles is 1. The number of aromatic nitrogens is 4. The van der Waals surface area contributed by atoms with E-state index in [0.717, 1.165) is 37.3 Å². The number of hydrogen-bond acceptors (Lipinski definition) is 9. The smallest absolute Gasteiger partial charge is 0.186 e. The van der Waals surface area contributed by atoms with E-state index in [1.807, 2.05) is 0 Å². The Bertz CT molecular complexity index is 1010. The van der Waals surface area contributed by atoms with Crippen molar-refractivity contribution in [3.63, 3.8) is 0 Å². The molecule has 27 heavy (non-hydrogen) atoms. The molecule has 3 N–H and O–H groups in total. The minimum Gasteiger partial charge on any atom is -0.384 e. The summed E-state index contributed by atoms with van der Waals surface area (Å²) in [5.41, 5.74) is 5.95. The summed E-state index contributed by atoms with van der Waals surface area (Å²) in [5, 5.41) is 12.8. The summed E-state index contributed by atoms with van der Waals surface area (Å²) in [5.74, 6) is 1.13. The molecule has 8 nitrogen and oxygen atoms in total. The van der Waals surface area contributed by atoms with Gasteiger partial charge in [0.2, 0.25) is 0 Å². The lowest BCUT2D eigenvalue weighted by Crippen LogP contribution is -2.35. The van der Waals surface area contributed by atoms with Crippen molar-refractivity contribution >= 4 is 44.1 Å². The lowest BCUT2D eigenvalue weighted by molar-refractivity contribution is 0.422. The highest BCUT2D eigenvalue weighted by atomic mass is 32.1. The Morgan fingerprint density at radius 3 is 3.11 bits per heavy atom. The van der Waals surface area contributed by atoms with E-state index in [9.17, 15) is 4.39 Å². The average Bonchev–Trinajstić information content (AvgIpc) is 3.11. The summed E-state index contributed by atoms with van der Waals surface area (Å²) in [6.45, 7) is 1.61. The minimum atomic E-state index is -0.467. The molecule has 138 valence electrons. The van der Waals surface area contributed by atoms with Crippen molar-refractivity contribution in [1.82, 2.24) is 19.9 Å². The van der Waals surface area contributed by atoms with Crippen LogP contribution in [0.15, 0.2) is 18.6 Å². The first-order valence-corrected chi connectivity index (χ1v) is 9.37. The minimum absolute atomic E-state index is 0.275. The fourth-order valence-corrected chi connectivity index (χ4v) is 4.25. The second-order valence-corrected chi connectivity index (χ2v) is 7.38. The van der Waals surface area contributed by atoms with Crippen LogP contribution < -0.4 is 16.0 Å². The molecular formula is C17H17FN8S. The number of fused-ring (bicyclic) bond motifs is 1. The third-order valence-electron chi connectivity index (χ3n) is 4.47. The first-order chi connectivity index (χ1) is 13.1. The second kappa shape index (κ2) is 7.28. The van der Waals surface area contributed by atoms with Gasteiger partial charge in [0.1, 0.15) is 28.2 Å². The van der Waals surface area contributed by atoms with Gasteiger partial charge in [0.15, 0.2) is 16.8 Å². The van der Waals surface area contributed by atoms with Gasteiger partial charge in [0, 0.05) is 25.6 Å². The van der Waals surface area contributed by atoms with Crippen LogP contribution in [0.4, 0.5) is 27.0 Å². The van der Waals surface area contributed by atoms with Gasteiger partial charge in [-0.25, -0.2) is 24.3 Å². The van der Waals surface area contributed by atoms with Gasteiger partial charge in [-0.3, -0.25) is 0 Å². The third kappa shape index (κ3) is 3.59. The van der Waals surface area contributed by atoms with Crippen molar-refractivity contribution in [3.8, 4) is 6.07 Å². The number of piperidine rings is 1. The Morgan fingerprint density at radius 2 is 2.30 bits per heavy atom. The van der Waals surface area contributed by atoms with Crippen molar-refractivity contribution in [1.29, 1.82) is 5.26 Å². The maximum absolute atomic E-state index is 14.3. The van der Waals surface area contributed by atoms with Crippen LogP contribution >= 0.6 is 11.3 Å². The molecule has 1 fully saturated rings. The molecule has 0 spiro atoms. The van der Waals surface area contributed by atoms with Gasteiger partial charge in [-0.2, -0.15) is 5.26 Å². The molecule has 1 unspecified atom stereocenters. The number of pyridine rings is 1. The number of thiazole rings is 1. The van der Waals surface area contributed by atoms with Crippen LogP contribution in [0.3, 0.4) is 0 Å². The fourth-order valence-electron chi connectivity index (χ4n) is 3.19. The van der Waals surface area contributed by atoms with Crippen LogP contribution in [0, 0.1) is 23.1 Å². The standard InChI is InChI=1S/C17H17FN8S/c18-11-7-21-16(24-13-6-12(20)22-9-23-13)15-14(11)25-17(27-15)26-5-1-2-10(8-26)3-4-19/h6-7,9-10H,1-3,5,8H2,(H3,20,21,22,23,24). The lowest BCUT2D eigenvalue weighted by Gasteiger charge is -2.31. The Morgan fingerprint density at radius 1 is 1.41 bits per heavy atom. The first kappa shape index (κ1) is 17.4. The highest BCUT2D eigenvalue weighted by molar-refractivity contribution is 7.22. The maximum Gasteiger partial charge on any atom is 0.186 e. The Kier molecular flexibility index (Phi) is 4.68. The van der Waals surface area contributed by atoms with Crippen molar-refractivity contribution in [2.45, 2.75) is 19.3 Å². The number of anilines is 4. The van der Waals surface area contributed by atoms with Crippen molar-refractivity contribution in [3.05, 3.63) is 24.4 Å². The summed E-state index contributed by atoms with van der Waals surface area (Å²) in [6, 6.07) is 3.82. The molecule has 0 amide bonds. The average molecular weight is 384 g/mol. The summed E-state index contributed by atoms with van der Waals surface area (Å²) >= 11 is 1.38. The number of rotatable bonds is 4. The summed E-state index contributed by atoms with van der Waals surface area (Å²) < 4.78 is 14.9. The van der Waals surface area contributed by atoms with E-state index in [0.29, 0.717) is 34.5 Å². The van der Waals surface area contributed by atoms with E-state index in [1.165, 1.54) is 17.7 Å². The highest BCUT2D eigenvalue weighted by Gasteiger charge is 2.24. The van der Waals surface area contributed by atoms with Gasteiger partial charge in [-0.15, -0.1) is 0 Å². The van der Waals surface area contributed by atoms with Gasteiger partial charge in [0.25, 0.3) is 0 Å². The van der Waals surface area contributed by atoms with E-state index in [-0.39, 0.29) is 5.52 Å². The summed E-state index contributed by atoms with van der Waals surface area (Å²) in [6.07, 6.45) is 5.05. The number of hydrogen-bond donors (Lipinski definition) is 2. The van der Waals surface area contributed by atoms with Gasteiger partial charge in [-0.05, 0) is 18.8 Å². The van der Waals surface area contributed by atoms with E-state index >= 15 is 0 Å². The fraction of sp³-hybridized carbons (Fsp3) is 0.353. The second-order valence-electron chi connectivity index (χ2n) is 6.40. The number of nitrogens with zero attached hydrogens (tertiary/aromatic N) is 6. The van der Waals surface area contributed by atoms with Crippen LogP contribution in [0.2, 0.25) is 0 Å². The molecule has 0 bridgehead atoms. The number of halogens is 1. The molecule has 0 aliphatic carbocycles. The van der Waals surface area contributed by atoms with E-state index in [4.69, 9.17) is 11.0 Å². The summed E-state index contributed by atoms with van der Waals surface area (Å²) in [4.78, 5) is 18.7. The molecule has 10 heteroatoms. The van der Waals surface area contributed by atoms with Gasteiger partial charge < -0.3 is 16.0 Å². The van der Waals surface area contributed by atoms with Gasteiger partial charge >= 0.3 is 0 Å². The van der Waals surface area contributed by atoms with Crippen LogP contribution in [0.5, 0.6) is 0 Å². The normalized spacial score (nSPS) is 17.0. The number of nitrogens with one attached hydrogen (secondary N) is 1. The summed E-state index contributed by atoms with van der Waals surface area (Å²) in [7, 11) is 0. The first-order valence-electron chi connectivity index (χ1n) is 8.55. The van der Waals surface area contributed by atoms with Crippen molar-refractivity contribution in [2.75, 3.05) is 29.0 Å². The molecule has 1 aliphatic rings.